The van der Waals surface area contributed by atoms with E-state index in [1.54, 1.807) is 17.3 Å². The van der Waals surface area contributed by atoms with Crippen LogP contribution in [-0.4, -0.2) is 40.6 Å². The number of carbonyl (C=O) groups excluding carboxylic acids is 2. The zero-order valence-corrected chi connectivity index (χ0v) is 18.8. The summed E-state index contributed by atoms with van der Waals surface area (Å²) in [5, 5.41) is 3.07. The maximum absolute atomic E-state index is 12.8. The third-order valence-electron chi connectivity index (χ3n) is 5.34. The van der Waals surface area contributed by atoms with E-state index in [0.717, 1.165) is 30.4 Å². The molecule has 1 aromatic carbocycles. The molecule has 1 heterocycles. The van der Waals surface area contributed by atoms with Crippen LogP contribution in [0.15, 0.2) is 48.8 Å². The molecule has 0 saturated heterocycles. The van der Waals surface area contributed by atoms with Gasteiger partial charge in [0.25, 0.3) is 0 Å². The van der Waals surface area contributed by atoms with Gasteiger partial charge in [0, 0.05) is 25.5 Å². The maximum Gasteiger partial charge on any atom is 0.410 e. The van der Waals surface area contributed by atoms with Crippen LogP contribution in [0.25, 0.3) is 0 Å². The third-order valence-corrected chi connectivity index (χ3v) is 5.34. The van der Waals surface area contributed by atoms with Gasteiger partial charge in [0.2, 0.25) is 5.91 Å². The zero-order valence-electron chi connectivity index (χ0n) is 18.8. The second-order valence-electron chi connectivity index (χ2n) is 9.05. The number of hydrogen-bond acceptors (Lipinski definition) is 4. The second kappa shape index (κ2) is 10.4. The quantitative estimate of drug-likeness (QED) is 0.668. The molecule has 1 N–H and O–H groups in total. The lowest BCUT2D eigenvalue weighted by molar-refractivity contribution is -0.122. The van der Waals surface area contributed by atoms with Gasteiger partial charge in [0.15, 0.2) is 0 Å². The van der Waals surface area contributed by atoms with E-state index in [1.165, 1.54) is 5.56 Å². The smallest absolute Gasteiger partial charge is 0.410 e. The van der Waals surface area contributed by atoms with Crippen molar-refractivity contribution in [3.05, 3.63) is 65.5 Å². The fourth-order valence-corrected chi connectivity index (χ4v) is 3.90. The molecule has 1 aromatic heterocycles. The van der Waals surface area contributed by atoms with Crippen molar-refractivity contribution in [3.8, 4) is 0 Å². The molecule has 1 aliphatic carbocycles. The van der Waals surface area contributed by atoms with Crippen molar-refractivity contribution < 1.29 is 14.3 Å². The molecule has 1 atom stereocenters. The number of nitrogens with one attached hydrogen (secondary N) is 1. The van der Waals surface area contributed by atoms with Crippen molar-refractivity contribution in [2.24, 2.45) is 0 Å². The van der Waals surface area contributed by atoms with E-state index in [4.69, 9.17) is 4.74 Å². The fraction of sp³-hybridized carbons (Fsp3) is 0.480. The summed E-state index contributed by atoms with van der Waals surface area (Å²) in [6.45, 7) is 7.00. The zero-order chi connectivity index (χ0) is 22.3. The normalized spacial score (nSPS) is 15.6. The van der Waals surface area contributed by atoms with E-state index in [9.17, 15) is 9.59 Å². The van der Waals surface area contributed by atoms with Gasteiger partial charge in [0.05, 0.1) is 12.5 Å². The Bertz CT molecular complexity index is 877. The highest BCUT2D eigenvalue weighted by Gasteiger charge is 2.26. The highest BCUT2D eigenvalue weighted by molar-refractivity contribution is 5.84. The molecule has 3 rings (SSSR count). The molecule has 2 aromatic rings. The standard InChI is InChI=1S/C25H33N3O3/c1-25(2,3)31-24(30)28(18-19-9-7-14-26-17-19)16-8-15-27-23(29)22-13-6-11-20-10-4-5-12-21(20)22/h4-5,7,9-10,12,14,17,22H,6,8,11,13,15-16,18H2,1-3H3,(H,27,29). The molecule has 6 nitrogen and oxygen atoms in total. The summed E-state index contributed by atoms with van der Waals surface area (Å²) >= 11 is 0. The second-order valence-corrected chi connectivity index (χ2v) is 9.05. The predicted octanol–water partition coefficient (Wildman–Crippen LogP) is 4.45. The molecule has 166 valence electrons. The van der Waals surface area contributed by atoms with Crippen LogP contribution in [0.4, 0.5) is 4.79 Å². The molecule has 31 heavy (non-hydrogen) atoms. The van der Waals surface area contributed by atoms with Crippen LogP contribution in [0.1, 0.15) is 62.6 Å². The number of aromatic nitrogens is 1. The van der Waals surface area contributed by atoms with Crippen LogP contribution < -0.4 is 5.32 Å². The summed E-state index contributed by atoms with van der Waals surface area (Å²) in [7, 11) is 0. The van der Waals surface area contributed by atoms with Gasteiger partial charge >= 0.3 is 6.09 Å². The number of hydrogen-bond donors (Lipinski definition) is 1. The summed E-state index contributed by atoms with van der Waals surface area (Å²) in [6.07, 6.45) is 6.71. The summed E-state index contributed by atoms with van der Waals surface area (Å²) < 4.78 is 5.56. The van der Waals surface area contributed by atoms with Crippen LogP contribution in [-0.2, 0) is 22.5 Å². The summed E-state index contributed by atoms with van der Waals surface area (Å²) in [5.41, 5.74) is 2.81. The number of amides is 2. The number of pyridine rings is 1. The molecule has 1 unspecified atom stereocenters. The Morgan fingerprint density at radius 3 is 2.74 bits per heavy atom. The van der Waals surface area contributed by atoms with Crippen molar-refractivity contribution in [2.45, 2.75) is 64.5 Å². The highest BCUT2D eigenvalue weighted by Crippen LogP contribution is 2.31. The molecular weight excluding hydrogens is 390 g/mol. The molecule has 0 fully saturated rings. The number of carbonyl (C=O) groups is 2. The lowest BCUT2D eigenvalue weighted by Gasteiger charge is -2.28. The monoisotopic (exact) mass is 423 g/mol. The molecule has 0 radical (unpaired) electrons. The lowest BCUT2D eigenvalue weighted by atomic mass is 9.82. The van der Waals surface area contributed by atoms with Crippen LogP contribution in [0.5, 0.6) is 0 Å². The van der Waals surface area contributed by atoms with Crippen molar-refractivity contribution in [1.82, 2.24) is 15.2 Å². The third kappa shape index (κ3) is 6.81. The first-order chi connectivity index (χ1) is 14.8. The average molecular weight is 424 g/mol. The largest absolute Gasteiger partial charge is 0.444 e. The van der Waals surface area contributed by atoms with E-state index in [2.05, 4.69) is 22.4 Å². The van der Waals surface area contributed by atoms with Gasteiger partial charge < -0.3 is 15.0 Å². The minimum atomic E-state index is -0.563. The number of nitrogens with zero attached hydrogens (tertiary/aromatic N) is 2. The summed E-state index contributed by atoms with van der Waals surface area (Å²) in [5.74, 6) is -0.00877. The Hall–Kier alpha value is -2.89. The topological polar surface area (TPSA) is 71.5 Å². The van der Waals surface area contributed by atoms with Crippen LogP contribution >= 0.6 is 0 Å². The van der Waals surface area contributed by atoms with Gasteiger partial charge in [-0.2, -0.15) is 0 Å². The molecule has 0 aliphatic heterocycles. The number of fused-ring (bicyclic) bond motifs is 1. The van der Waals surface area contributed by atoms with E-state index in [-0.39, 0.29) is 17.9 Å². The van der Waals surface area contributed by atoms with E-state index < -0.39 is 5.60 Å². The first-order valence-electron chi connectivity index (χ1n) is 11.1. The van der Waals surface area contributed by atoms with Gasteiger partial charge in [0.1, 0.15) is 5.60 Å². The van der Waals surface area contributed by atoms with Gasteiger partial charge in [-0.05, 0) is 69.2 Å². The number of ether oxygens (including phenoxy) is 1. The SMILES string of the molecule is CC(C)(C)OC(=O)N(CCCNC(=O)C1CCCc2ccccc21)Cc1cccnc1. The molecule has 0 saturated carbocycles. The van der Waals surface area contributed by atoms with E-state index >= 15 is 0 Å². The first kappa shape index (κ1) is 22.8. The first-order valence-corrected chi connectivity index (χ1v) is 11.1. The van der Waals surface area contributed by atoms with Crippen LogP contribution in [0, 0.1) is 0 Å². The highest BCUT2D eigenvalue weighted by atomic mass is 16.6. The molecule has 0 bridgehead atoms. The minimum absolute atomic E-state index is 0.0724. The minimum Gasteiger partial charge on any atom is -0.444 e. The molecule has 0 spiro atoms. The van der Waals surface area contributed by atoms with Crippen molar-refractivity contribution in [3.63, 3.8) is 0 Å². The summed E-state index contributed by atoms with van der Waals surface area (Å²) in [4.78, 5) is 31.3. The average Bonchev–Trinajstić information content (AvgIpc) is 2.74. The fourth-order valence-electron chi connectivity index (χ4n) is 3.90. The molecule has 2 amide bonds. The Morgan fingerprint density at radius 2 is 2.00 bits per heavy atom. The van der Waals surface area contributed by atoms with E-state index in [0.29, 0.717) is 26.1 Å². The Kier molecular flexibility index (Phi) is 7.66. The molecule has 1 aliphatic rings. The van der Waals surface area contributed by atoms with E-state index in [1.807, 2.05) is 45.0 Å². The van der Waals surface area contributed by atoms with Gasteiger partial charge in [-0.15, -0.1) is 0 Å². The number of benzene rings is 1. The Morgan fingerprint density at radius 1 is 1.19 bits per heavy atom. The Balaban J connectivity index is 1.54. The van der Waals surface area contributed by atoms with Crippen molar-refractivity contribution >= 4 is 12.0 Å². The lowest BCUT2D eigenvalue weighted by Crippen LogP contribution is -2.38. The van der Waals surface area contributed by atoms with Gasteiger partial charge in [-0.3, -0.25) is 9.78 Å². The van der Waals surface area contributed by atoms with Crippen LogP contribution in [0.2, 0.25) is 0 Å². The number of rotatable bonds is 7. The van der Waals surface area contributed by atoms with Gasteiger partial charge in [-0.25, -0.2) is 4.79 Å². The Labute approximate surface area is 185 Å². The predicted molar refractivity (Wildman–Crippen MR) is 121 cm³/mol. The summed E-state index contributed by atoms with van der Waals surface area (Å²) in [6, 6.07) is 12.0. The molecular formula is C25H33N3O3. The number of aryl methyl sites for hydroxylation is 1. The maximum atomic E-state index is 12.8. The van der Waals surface area contributed by atoms with Gasteiger partial charge in [-0.1, -0.05) is 30.3 Å². The van der Waals surface area contributed by atoms with Crippen molar-refractivity contribution in [2.75, 3.05) is 13.1 Å². The molecule has 6 heteroatoms. The van der Waals surface area contributed by atoms with Crippen molar-refractivity contribution in [1.29, 1.82) is 0 Å². The van der Waals surface area contributed by atoms with Crippen LogP contribution in [0.3, 0.4) is 0 Å².